The van der Waals surface area contributed by atoms with Gasteiger partial charge in [-0.3, -0.25) is 4.79 Å². The number of nitrogens with one attached hydrogen (secondary N) is 1. The summed E-state index contributed by atoms with van der Waals surface area (Å²) in [6.45, 7) is 3.46. The first-order valence-corrected chi connectivity index (χ1v) is 10.8. The van der Waals surface area contributed by atoms with Crippen molar-refractivity contribution in [3.05, 3.63) is 92.8 Å². The predicted molar refractivity (Wildman–Crippen MR) is 117 cm³/mol. The quantitative estimate of drug-likeness (QED) is 0.612. The van der Waals surface area contributed by atoms with Crippen LogP contribution in [0.2, 0.25) is 5.02 Å². The number of benzene rings is 2. The number of allylic oxidation sites excluding steroid dienone is 3. The van der Waals surface area contributed by atoms with Gasteiger partial charge in [0.25, 0.3) is 0 Å². The molecule has 2 aromatic rings. The highest BCUT2D eigenvalue weighted by Crippen LogP contribution is 2.46. The number of ether oxygens (including phenoxy) is 1. The third kappa shape index (κ3) is 4.07. The second-order valence-corrected chi connectivity index (χ2v) is 8.39. The number of esters is 1. The maximum atomic E-state index is 14.9. The highest BCUT2D eigenvalue weighted by molar-refractivity contribution is 6.30. The van der Waals surface area contributed by atoms with Crippen molar-refractivity contribution in [1.29, 1.82) is 0 Å². The lowest BCUT2D eigenvalue weighted by molar-refractivity contribution is -0.138. The fourth-order valence-electron chi connectivity index (χ4n) is 4.54. The summed E-state index contributed by atoms with van der Waals surface area (Å²) in [5.41, 5.74) is 2.38. The largest absolute Gasteiger partial charge is 0.463 e. The zero-order valence-electron chi connectivity index (χ0n) is 17.7. The Bertz CT molecular complexity index is 1150. The number of carbonyl (C=O) groups is 2. The van der Waals surface area contributed by atoms with Crippen LogP contribution in [0, 0.1) is 11.6 Å². The van der Waals surface area contributed by atoms with Crippen LogP contribution < -0.4 is 5.32 Å². The highest BCUT2D eigenvalue weighted by Gasteiger charge is 2.42. The Morgan fingerprint density at radius 3 is 2.56 bits per heavy atom. The standard InChI is InChI=1S/C25H22ClF2NO3/c1-3-32-25(31)22-13(2)29-20-10-15(14-4-6-16(26)7-5-14)11-21(30)24(20)23(22)18-12-17(27)8-9-19(18)28/h4-9,12,15,23,29H,3,10-11H2,1-2H3. The minimum absolute atomic E-state index is 0.0558. The van der Waals surface area contributed by atoms with Gasteiger partial charge in [0.2, 0.25) is 0 Å². The Labute approximate surface area is 189 Å². The first kappa shape index (κ1) is 22.2. The molecule has 0 amide bonds. The summed E-state index contributed by atoms with van der Waals surface area (Å²) in [6.07, 6.45) is 0.675. The summed E-state index contributed by atoms with van der Waals surface area (Å²) >= 11 is 5.99. The number of hydrogen-bond donors (Lipinski definition) is 1. The van der Waals surface area contributed by atoms with E-state index in [0.29, 0.717) is 22.8 Å². The Balaban J connectivity index is 1.83. The van der Waals surface area contributed by atoms with Crippen LogP contribution in [0.15, 0.2) is 65.0 Å². The van der Waals surface area contributed by atoms with Crippen molar-refractivity contribution < 1.29 is 23.1 Å². The fraction of sp³-hybridized carbons (Fsp3) is 0.280. The average molecular weight is 458 g/mol. The van der Waals surface area contributed by atoms with Gasteiger partial charge in [-0.1, -0.05) is 23.7 Å². The molecule has 0 bridgehead atoms. The summed E-state index contributed by atoms with van der Waals surface area (Å²) in [6, 6.07) is 10.4. The van der Waals surface area contributed by atoms with Crippen molar-refractivity contribution >= 4 is 23.4 Å². The fourth-order valence-corrected chi connectivity index (χ4v) is 4.66. The van der Waals surface area contributed by atoms with E-state index in [1.165, 1.54) is 0 Å². The van der Waals surface area contributed by atoms with Crippen molar-refractivity contribution in [1.82, 2.24) is 5.32 Å². The molecule has 32 heavy (non-hydrogen) atoms. The zero-order chi connectivity index (χ0) is 23.0. The van der Waals surface area contributed by atoms with Gasteiger partial charge in [0.15, 0.2) is 5.78 Å². The van der Waals surface area contributed by atoms with Gasteiger partial charge in [-0.2, -0.15) is 0 Å². The lowest BCUT2D eigenvalue weighted by Crippen LogP contribution is -2.36. The molecule has 7 heteroatoms. The molecule has 1 N–H and O–H groups in total. The first-order chi connectivity index (χ1) is 15.3. The van der Waals surface area contributed by atoms with Crippen molar-refractivity contribution in [2.75, 3.05) is 6.61 Å². The van der Waals surface area contributed by atoms with Crippen LogP contribution in [-0.4, -0.2) is 18.4 Å². The molecule has 0 fully saturated rings. The first-order valence-electron chi connectivity index (χ1n) is 10.4. The maximum Gasteiger partial charge on any atom is 0.336 e. The number of rotatable bonds is 4. The Kier molecular flexibility index (Phi) is 6.15. The molecule has 1 heterocycles. The molecule has 0 spiro atoms. The number of carbonyl (C=O) groups excluding carboxylic acids is 2. The second kappa shape index (κ2) is 8.87. The Morgan fingerprint density at radius 1 is 1.16 bits per heavy atom. The number of halogens is 3. The summed E-state index contributed by atoms with van der Waals surface area (Å²) in [5.74, 6) is -3.36. The van der Waals surface area contributed by atoms with Gasteiger partial charge in [-0.15, -0.1) is 0 Å². The van der Waals surface area contributed by atoms with Crippen molar-refractivity contribution in [3.63, 3.8) is 0 Å². The Morgan fingerprint density at radius 2 is 1.88 bits per heavy atom. The maximum absolute atomic E-state index is 14.9. The molecule has 2 aliphatic rings. The van der Waals surface area contributed by atoms with Gasteiger partial charge in [0.05, 0.1) is 18.1 Å². The lowest BCUT2D eigenvalue weighted by Gasteiger charge is -2.36. The van der Waals surface area contributed by atoms with Gasteiger partial charge in [-0.05, 0) is 62.1 Å². The summed E-state index contributed by atoms with van der Waals surface area (Å²) in [7, 11) is 0. The third-order valence-corrected chi connectivity index (χ3v) is 6.19. The van der Waals surface area contributed by atoms with E-state index in [9.17, 15) is 18.4 Å². The number of Topliss-reactive ketones (excluding diaryl/α,β-unsaturated/α-hetero) is 1. The molecule has 4 rings (SSSR count). The monoisotopic (exact) mass is 457 g/mol. The summed E-state index contributed by atoms with van der Waals surface area (Å²) in [5, 5.41) is 3.78. The number of hydrogen-bond acceptors (Lipinski definition) is 4. The molecule has 166 valence electrons. The molecular formula is C25H22ClF2NO3. The normalized spacial score (nSPS) is 20.7. The molecule has 0 aromatic heterocycles. The molecule has 0 saturated carbocycles. The molecule has 0 saturated heterocycles. The predicted octanol–water partition coefficient (Wildman–Crippen LogP) is 5.54. The van der Waals surface area contributed by atoms with Gasteiger partial charge in [0.1, 0.15) is 11.6 Å². The molecule has 2 aromatic carbocycles. The summed E-state index contributed by atoms with van der Waals surface area (Å²) < 4.78 is 34.1. The average Bonchev–Trinajstić information content (AvgIpc) is 2.75. The molecular weight excluding hydrogens is 436 g/mol. The van der Waals surface area contributed by atoms with E-state index in [4.69, 9.17) is 16.3 Å². The molecule has 0 radical (unpaired) electrons. The van der Waals surface area contributed by atoms with E-state index >= 15 is 0 Å². The second-order valence-electron chi connectivity index (χ2n) is 7.96. The minimum Gasteiger partial charge on any atom is -0.463 e. The van der Waals surface area contributed by atoms with E-state index in [1.54, 1.807) is 26.0 Å². The van der Waals surface area contributed by atoms with E-state index < -0.39 is 23.5 Å². The Hall–Kier alpha value is -2.99. The van der Waals surface area contributed by atoms with Crippen LogP contribution in [0.1, 0.15) is 49.7 Å². The molecule has 1 aliphatic carbocycles. The van der Waals surface area contributed by atoms with Crippen molar-refractivity contribution in [2.24, 2.45) is 0 Å². The van der Waals surface area contributed by atoms with Crippen LogP contribution in [-0.2, 0) is 14.3 Å². The van der Waals surface area contributed by atoms with Gasteiger partial charge < -0.3 is 10.1 Å². The van der Waals surface area contributed by atoms with Crippen LogP contribution in [0.3, 0.4) is 0 Å². The third-order valence-electron chi connectivity index (χ3n) is 5.93. The van der Waals surface area contributed by atoms with Crippen molar-refractivity contribution in [2.45, 2.75) is 38.5 Å². The van der Waals surface area contributed by atoms with Gasteiger partial charge >= 0.3 is 5.97 Å². The van der Waals surface area contributed by atoms with Crippen LogP contribution >= 0.6 is 11.6 Å². The van der Waals surface area contributed by atoms with Crippen LogP contribution in [0.5, 0.6) is 0 Å². The SMILES string of the molecule is CCOC(=O)C1=C(C)NC2=C(C(=O)CC(c3ccc(Cl)cc3)C2)C1c1cc(F)ccc1F. The van der Waals surface area contributed by atoms with E-state index in [-0.39, 0.29) is 41.4 Å². The minimum atomic E-state index is -1.04. The highest BCUT2D eigenvalue weighted by atomic mass is 35.5. The molecule has 2 unspecified atom stereocenters. The van der Waals surface area contributed by atoms with E-state index in [0.717, 1.165) is 23.8 Å². The number of dihydropyridines is 1. The smallest absolute Gasteiger partial charge is 0.336 e. The topological polar surface area (TPSA) is 55.4 Å². The molecule has 4 nitrogen and oxygen atoms in total. The summed E-state index contributed by atoms with van der Waals surface area (Å²) in [4.78, 5) is 26.2. The van der Waals surface area contributed by atoms with Crippen LogP contribution in [0.25, 0.3) is 0 Å². The zero-order valence-corrected chi connectivity index (χ0v) is 18.4. The van der Waals surface area contributed by atoms with E-state index in [1.807, 2.05) is 12.1 Å². The lowest BCUT2D eigenvalue weighted by atomic mass is 9.71. The molecule has 1 aliphatic heterocycles. The molecule has 2 atom stereocenters. The van der Waals surface area contributed by atoms with Gasteiger partial charge in [0, 0.05) is 34.0 Å². The van der Waals surface area contributed by atoms with E-state index in [2.05, 4.69) is 5.32 Å². The number of ketones is 1. The van der Waals surface area contributed by atoms with Gasteiger partial charge in [-0.25, -0.2) is 13.6 Å². The van der Waals surface area contributed by atoms with Crippen molar-refractivity contribution in [3.8, 4) is 0 Å². The van der Waals surface area contributed by atoms with Crippen LogP contribution in [0.4, 0.5) is 8.78 Å².